The van der Waals surface area contributed by atoms with Crippen LogP contribution in [0.3, 0.4) is 0 Å². The number of carbonyl (C=O) groups excluding carboxylic acids is 1. The van der Waals surface area contributed by atoms with E-state index in [4.69, 9.17) is 9.47 Å². The molecule has 0 bridgehead atoms. The Hall–Kier alpha value is -2.81. The van der Waals surface area contributed by atoms with Gasteiger partial charge in [0, 0.05) is 0 Å². The molecule has 0 spiro atoms. The summed E-state index contributed by atoms with van der Waals surface area (Å²) in [4.78, 5) is 12.8. The van der Waals surface area contributed by atoms with Gasteiger partial charge in [0.2, 0.25) is 15.9 Å². The van der Waals surface area contributed by atoms with E-state index in [0.717, 1.165) is 28.3 Å². The van der Waals surface area contributed by atoms with Crippen molar-refractivity contribution in [1.82, 2.24) is 5.32 Å². The van der Waals surface area contributed by atoms with Crippen molar-refractivity contribution in [2.45, 2.75) is 25.9 Å². The van der Waals surface area contributed by atoms with E-state index in [-0.39, 0.29) is 5.69 Å². The zero-order valence-corrected chi connectivity index (χ0v) is 17.8. The number of nitrogens with one attached hydrogen (secondary N) is 1. The van der Waals surface area contributed by atoms with E-state index in [1.165, 1.54) is 33.3 Å². The molecule has 0 aliphatic heterocycles. The van der Waals surface area contributed by atoms with Gasteiger partial charge in [0.25, 0.3) is 0 Å². The zero-order valence-electron chi connectivity index (χ0n) is 17.0. The van der Waals surface area contributed by atoms with Crippen molar-refractivity contribution in [2.24, 2.45) is 0 Å². The molecule has 7 nitrogen and oxygen atoms in total. The number of methoxy groups -OCH3 is 2. The van der Waals surface area contributed by atoms with Crippen LogP contribution in [0.1, 0.15) is 25.5 Å². The first-order valence-corrected chi connectivity index (χ1v) is 10.7. The van der Waals surface area contributed by atoms with E-state index in [1.807, 2.05) is 0 Å². The molecule has 0 saturated heterocycles. The molecule has 0 heterocycles. The molecule has 158 valence electrons. The number of anilines is 1. The number of benzene rings is 2. The quantitative estimate of drug-likeness (QED) is 0.704. The molecule has 0 saturated carbocycles. The lowest BCUT2D eigenvalue weighted by Crippen LogP contribution is -2.48. The number of halogens is 1. The van der Waals surface area contributed by atoms with Crippen molar-refractivity contribution < 1.29 is 27.1 Å². The van der Waals surface area contributed by atoms with Gasteiger partial charge in [-0.15, -0.1) is 0 Å². The first-order chi connectivity index (χ1) is 13.6. The lowest BCUT2D eigenvalue weighted by molar-refractivity contribution is -0.122. The molecule has 1 N–H and O–H groups in total. The van der Waals surface area contributed by atoms with Gasteiger partial charge >= 0.3 is 0 Å². The summed E-state index contributed by atoms with van der Waals surface area (Å²) in [5.74, 6) is 0.0781. The average Bonchev–Trinajstić information content (AvgIpc) is 2.67. The Kier molecular flexibility index (Phi) is 7.07. The number of amides is 1. The lowest BCUT2D eigenvalue weighted by Gasteiger charge is -2.29. The van der Waals surface area contributed by atoms with Crippen molar-refractivity contribution >= 4 is 21.6 Å². The predicted molar refractivity (Wildman–Crippen MR) is 109 cm³/mol. The highest BCUT2D eigenvalue weighted by Gasteiger charge is 2.30. The molecular formula is C20H25FN2O5S. The fraction of sp³-hybridized carbons (Fsp3) is 0.350. The predicted octanol–water partition coefficient (Wildman–Crippen LogP) is 2.87. The van der Waals surface area contributed by atoms with Crippen molar-refractivity contribution in [3.63, 3.8) is 0 Å². The van der Waals surface area contributed by atoms with Gasteiger partial charge < -0.3 is 14.8 Å². The minimum atomic E-state index is -3.78. The molecule has 9 heteroatoms. The second kappa shape index (κ2) is 9.13. The van der Waals surface area contributed by atoms with E-state index in [1.54, 1.807) is 25.1 Å². The van der Waals surface area contributed by atoms with Crippen LogP contribution in [-0.2, 0) is 14.8 Å². The number of nitrogens with zero attached hydrogens (tertiary/aromatic N) is 1. The molecule has 2 rings (SSSR count). The fourth-order valence-corrected chi connectivity index (χ4v) is 4.11. The Balaban J connectivity index is 2.24. The summed E-state index contributed by atoms with van der Waals surface area (Å²) in [5.41, 5.74) is 0.964. The SMILES string of the molecule is COc1ccc([C@@H](C)NC(=O)[C@H](C)N(c2ccc(F)cc2)S(C)(=O)=O)cc1OC. The molecule has 0 aromatic heterocycles. The summed E-state index contributed by atoms with van der Waals surface area (Å²) in [5, 5.41) is 2.80. The summed E-state index contributed by atoms with van der Waals surface area (Å²) in [7, 11) is -0.741. The van der Waals surface area contributed by atoms with Gasteiger partial charge in [0.05, 0.1) is 32.2 Å². The molecule has 29 heavy (non-hydrogen) atoms. The minimum Gasteiger partial charge on any atom is -0.493 e. The average molecular weight is 424 g/mol. The number of carbonyl (C=O) groups is 1. The van der Waals surface area contributed by atoms with Crippen LogP contribution in [0.5, 0.6) is 11.5 Å². The van der Waals surface area contributed by atoms with Gasteiger partial charge in [-0.3, -0.25) is 9.10 Å². The molecular weight excluding hydrogens is 399 g/mol. The van der Waals surface area contributed by atoms with E-state index in [0.29, 0.717) is 11.5 Å². The summed E-state index contributed by atoms with van der Waals surface area (Å²) >= 11 is 0. The summed E-state index contributed by atoms with van der Waals surface area (Å²) in [6.45, 7) is 3.25. The third kappa shape index (κ3) is 5.38. The molecule has 2 aromatic rings. The van der Waals surface area contributed by atoms with Gasteiger partial charge in [-0.05, 0) is 55.8 Å². The van der Waals surface area contributed by atoms with Crippen LogP contribution in [-0.4, -0.2) is 40.8 Å². The maximum atomic E-state index is 13.2. The highest BCUT2D eigenvalue weighted by molar-refractivity contribution is 7.92. The van der Waals surface area contributed by atoms with E-state index in [9.17, 15) is 17.6 Å². The first-order valence-electron chi connectivity index (χ1n) is 8.85. The van der Waals surface area contributed by atoms with Crippen molar-refractivity contribution in [3.05, 3.63) is 53.8 Å². The number of ether oxygens (including phenoxy) is 2. The Morgan fingerprint density at radius 1 is 1.03 bits per heavy atom. The van der Waals surface area contributed by atoms with Gasteiger partial charge in [-0.1, -0.05) is 6.07 Å². The topological polar surface area (TPSA) is 84.9 Å². The Labute approximate surface area is 170 Å². The van der Waals surface area contributed by atoms with E-state index in [2.05, 4.69) is 5.32 Å². The van der Waals surface area contributed by atoms with Crippen LogP contribution in [0.4, 0.5) is 10.1 Å². The van der Waals surface area contributed by atoms with Crippen molar-refractivity contribution in [3.8, 4) is 11.5 Å². The molecule has 0 aliphatic carbocycles. The van der Waals surface area contributed by atoms with Crippen LogP contribution in [0, 0.1) is 5.82 Å². The van der Waals surface area contributed by atoms with Gasteiger partial charge in [-0.25, -0.2) is 12.8 Å². The molecule has 0 unspecified atom stereocenters. The van der Waals surface area contributed by atoms with Crippen LogP contribution < -0.4 is 19.1 Å². The normalized spacial score (nSPS) is 13.3. The van der Waals surface area contributed by atoms with Gasteiger partial charge in [0.1, 0.15) is 11.9 Å². The van der Waals surface area contributed by atoms with Crippen molar-refractivity contribution in [2.75, 3.05) is 24.8 Å². The summed E-state index contributed by atoms with van der Waals surface area (Å²) < 4.78 is 49.2. The second-order valence-corrected chi connectivity index (χ2v) is 8.42. The minimum absolute atomic E-state index is 0.204. The smallest absolute Gasteiger partial charge is 0.244 e. The maximum Gasteiger partial charge on any atom is 0.244 e. The van der Waals surface area contributed by atoms with Crippen LogP contribution in [0.25, 0.3) is 0 Å². The standard InChI is InChI=1S/C20H25FN2O5S/c1-13(15-6-11-18(27-3)19(12-15)28-4)22-20(24)14(2)23(29(5,25)26)17-9-7-16(21)8-10-17/h6-14H,1-5H3,(H,22,24)/t13-,14+/m1/s1. The van der Waals surface area contributed by atoms with Crippen LogP contribution >= 0.6 is 0 Å². The molecule has 0 aliphatic rings. The fourth-order valence-electron chi connectivity index (χ4n) is 2.94. The summed E-state index contributed by atoms with van der Waals surface area (Å²) in [6.07, 6.45) is 0.998. The highest BCUT2D eigenvalue weighted by Crippen LogP contribution is 2.30. The van der Waals surface area contributed by atoms with E-state index < -0.39 is 33.8 Å². The Morgan fingerprint density at radius 3 is 2.14 bits per heavy atom. The van der Waals surface area contributed by atoms with Gasteiger partial charge in [0.15, 0.2) is 11.5 Å². The number of hydrogen-bond donors (Lipinski definition) is 1. The highest BCUT2D eigenvalue weighted by atomic mass is 32.2. The van der Waals surface area contributed by atoms with Crippen LogP contribution in [0.15, 0.2) is 42.5 Å². The van der Waals surface area contributed by atoms with Crippen LogP contribution in [0.2, 0.25) is 0 Å². The largest absolute Gasteiger partial charge is 0.493 e. The molecule has 2 atom stereocenters. The number of sulfonamides is 1. The third-order valence-corrected chi connectivity index (χ3v) is 5.68. The maximum absolute atomic E-state index is 13.2. The zero-order chi connectivity index (χ0) is 21.8. The van der Waals surface area contributed by atoms with Crippen molar-refractivity contribution in [1.29, 1.82) is 0 Å². The Bertz CT molecular complexity index is 963. The second-order valence-electron chi connectivity index (χ2n) is 6.56. The monoisotopic (exact) mass is 424 g/mol. The third-order valence-electron chi connectivity index (χ3n) is 4.44. The molecule has 0 fully saturated rings. The Morgan fingerprint density at radius 2 is 1.62 bits per heavy atom. The van der Waals surface area contributed by atoms with Gasteiger partial charge in [-0.2, -0.15) is 0 Å². The molecule has 0 radical (unpaired) electrons. The molecule has 2 aromatic carbocycles. The number of rotatable bonds is 8. The molecule has 1 amide bonds. The van der Waals surface area contributed by atoms with E-state index >= 15 is 0 Å². The lowest BCUT2D eigenvalue weighted by atomic mass is 10.1. The number of hydrogen-bond acceptors (Lipinski definition) is 5. The summed E-state index contributed by atoms with van der Waals surface area (Å²) in [6, 6.07) is 8.71. The first kappa shape index (κ1) is 22.5.